The van der Waals surface area contributed by atoms with Crippen molar-refractivity contribution in [1.82, 2.24) is 15.0 Å². The highest BCUT2D eigenvalue weighted by molar-refractivity contribution is 5.27. The Balaban J connectivity index is 1.98. The Morgan fingerprint density at radius 3 is 2.60 bits per heavy atom. The molecule has 104 valence electrons. The molecule has 1 unspecified atom stereocenters. The molecule has 0 spiro atoms. The largest absolute Gasteiger partial charge is 0.368 e. The van der Waals surface area contributed by atoms with Crippen molar-refractivity contribution in [2.45, 2.75) is 31.8 Å². The molecule has 2 aromatic rings. The Hall–Kier alpha value is -2.01. The first-order valence-corrected chi connectivity index (χ1v) is 6.96. The first kappa shape index (κ1) is 13.0. The zero-order chi connectivity index (χ0) is 13.9. The van der Waals surface area contributed by atoms with Crippen LogP contribution in [0.4, 0.5) is 5.95 Å². The maximum Gasteiger partial charge on any atom is 0.223 e. The second-order valence-electron chi connectivity index (χ2n) is 4.93. The summed E-state index contributed by atoms with van der Waals surface area (Å²) >= 11 is 0. The number of benzene rings is 1. The number of anilines is 1. The van der Waals surface area contributed by atoms with Crippen molar-refractivity contribution in [1.29, 1.82) is 0 Å². The van der Waals surface area contributed by atoms with Gasteiger partial charge in [-0.25, -0.2) is 4.98 Å². The molecule has 1 aliphatic rings. The molecule has 1 heterocycles. The molecule has 2 N–H and O–H groups in total. The van der Waals surface area contributed by atoms with Crippen molar-refractivity contribution in [3.8, 4) is 0 Å². The highest BCUT2D eigenvalue weighted by Gasteiger charge is 2.29. The maximum absolute atomic E-state index is 5.82. The predicted octanol–water partition coefficient (Wildman–Crippen LogP) is 2.46. The summed E-state index contributed by atoms with van der Waals surface area (Å²) in [7, 11) is 0. The van der Waals surface area contributed by atoms with E-state index in [0.717, 1.165) is 24.2 Å². The maximum atomic E-state index is 5.82. The molecule has 0 saturated heterocycles. The van der Waals surface area contributed by atoms with Gasteiger partial charge >= 0.3 is 0 Å². The van der Waals surface area contributed by atoms with E-state index in [2.05, 4.69) is 15.0 Å². The van der Waals surface area contributed by atoms with E-state index in [9.17, 15) is 0 Å². The average molecular weight is 270 g/mol. The normalized spacial score (nSPS) is 16.1. The standard InChI is InChI=1S/C15H18N4O/c1-2-20-12(10-6-4-3-5-7-10)14-17-13(11-8-9-11)18-15(16)19-14/h3-7,11-12H,2,8-9H2,1H3,(H2,16,17,18,19). The van der Waals surface area contributed by atoms with Gasteiger partial charge in [-0.2, -0.15) is 9.97 Å². The van der Waals surface area contributed by atoms with E-state index in [-0.39, 0.29) is 12.1 Å². The van der Waals surface area contributed by atoms with Crippen LogP contribution in [0.25, 0.3) is 0 Å². The van der Waals surface area contributed by atoms with Crippen LogP contribution < -0.4 is 5.73 Å². The van der Waals surface area contributed by atoms with Gasteiger partial charge in [-0.15, -0.1) is 0 Å². The van der Waals surface area contributed by atoms with Crippen molar-refractivity contribution in [3.63, 3.8) is 0 Å². The summed E-state index contributed by atoms with van der Waals surface area (Å²) in [4.78, 5) is 13.1. The first-order chi connectivity index (χ1) is 9.78. The lowest BCUT2D eigenvalue weighted by atomic mass is 10.1. The number of nitrogens with two attached hydrogens (primary N) is 1. The fourth-order valence-electron chi connectivity index (χ4n) is 2.18. The molecular formula is C15H18N4O. The van der Waals surface area contributed by atoms with Crippen LogP contribution in [0.5, 0.6) is 0 Å². The van der Waals surface area contributed by atoms with E-state index >= 15 is 0 Å². The van der Waals surface area contributed by atoms with Gasteiger partial charge < -0.3 is 10.5 Å². The summed E-state index contributed by atoms with van der Waals surface area (Å²) in [5.74, 6) is 2.12. The summed E-state index contributed by atoms with van der Waals surface area (Å²) < 4.78 is 5.82. The van der Waals surface area contributed by atoms with Gasteiger partial charge in [0.05, 0.1) is 0 Å². The minimum absolute atomic E-state index is 0.275. The summed E-state index contributed by atoms with van der Waals surface area (Å²) in [6.07, 6.45) is 1.98. The molecular weight excluding hydrogens is 252 g/mol. The second kappa shape index (κ2) is 5.54. The molecule has 20 heavy (non-hydrogen) atoms. The van der Waals surface area contributed by atoms with Crippen LogP contribution in [0.2, 0.25) is 0 Å². The molecule has 0 bridgehead atoms. The summed E-state index contributed by atoms with van der Waals surface area (Å²) in [6.45, 7) is 2.55. The molecule has 5 nitrogen and oxygen atoms in total. The van der Waals surface area contributed by atoms with Gasteiger partial charge in [-0.3, -0.25) is 0 Å². The second-order valence-corrected chi connectivity index (χ2v) is 4.93. The molecule has 1 aromatic heterocycles. The molecule has 1 atom stereocenters. The number of nitrogens with zero attached hydrogens (tertiary/aromatic N) is 3. The zero-order valence-corrected chi connectivity index (χ0v) is 11.5. The van der Waals surface area contributed by atoms with E-state index in [4.69, 9.17) is 10.5 Å². The Labute approximate surface area is 118 Å². The van der Waals surface area contributed by atoms with Gasteiger partial charge in [0.25, 0.3) is 0 Å². The van der Waals surface area contributed by atoms with Crippen molar-refractivity contribution in [2.75, 3.05) is 12.3 Å². The summed E-state index contributed by atoms with van der Waals surface area (Å²) in [5, 5.41) is 0. The third-order valence-corrected chi connectivity index (χ3v) is 3.30. The monoisotopic (exact) mass is 270 g/mol. The fraction of sp³-hybridized carbons (Fsp3) is 0.400. The minimum Gasteiger partial charge on any atom is -0.368 e. The van der Waals surface area contributed by atoms with Gasteiger partial charge in [0, 0.05) is 12.5 Å². The number of aromatic nitrogens is 3. The van der Waals surface area contributed by atoms with Gasteiger partial charge in [0.1, 0.15) is 11.9 Å². The number of rotatable bonds is 5. The molecule has 3 rings (SSSR count). The van der Waals surface area contributed by atoms with Gasteiger partial charge in [-0.05, 0) is 25.3 Å². The number of hydrogen-bond donors (Lipinski definition) is 1. The van der Waals surface area contributed by atoms with Crippen LogP contribution in [0.15, 0.2) is 30.3 Å². The molecule has 1 fully saturated rings. The summed E-state index contributed by atoms with van der Waals surface area (Å²) in [5.41, 5.74) is 6.85. The van der Waals surface area contributed by atoms with Gasteiger partial charge in [0.2, 0.25) is 5.95 Å². The SMILES string of the molecule is CCOC(c1ccccc1)c1nc(N)nc(C2CC2)n1. The van der Waals surface area contributed by atoms with Crippen LogP contribution in [-0.2, 0) is 4.74 Å². The quantitative estimate of drug-likeness (QED) is 0.903. The Kier molecular flexibility index (Phi) is 3.60. The van der Waals surface area contributed by atoms with Crippen LogP contribution in [0, 0.1) is 0 Å². The molecule has 5 heteroatoms. The lowest BCUT2D eigenvalue weighted by Gasteiger charge is -2.16. The molecule has 1 saturated carbocycles. The smallest absolute Gasteiger partial charge is 0.223 e. The van der Waals surface area contributed by atoms with E-state index < -0.39 is 0 Å². The average Bonchev–Trinajstić information content (AvgIpc) is 3.29. The third kappa shape index (κ3) is 2.77. The van der Waals surface area contributed by atoms with Crippen molar-refractivity contribution in [2.24, 2.45) is 0 Å². The number of nitrogen functional groups attached to an aromatic ring is 1. The van der Waals surface area contributed by atoms with Crippen LogP contribution in [0.3, 0.4) is 0 Å². The Morgan fingerprint density at radius 1 is 1.20 bits per heavy atom. The van der Waals surface area contributed by atoms with Crippen LogP contribution in [0.1, 0.15) is 49.0 Å². The first-order valence-electron chi connectivity index (χ1n) is 6.96. The zero-order valence-electron chi connectivity index (χ0n) is 11.5. The lowest BCUT2D eigenvalue weighted by molar-refractivity contribution is 0.0848. The fourth-order valence-corrected chi connectivity index (χ4v) is 2.18. The predicted molar refractivity (Wildman–Crippen MR) is 76.1 cm³/mol. The molecule has 1 aromatic carbocycles. The Bertz CT molecular complexity index is 584. The molecule has 0 aliphatic heterocycles. The van der Waals surface area contributed by atoms with Gasteiger partial charge in [0.15, 0.2) is 5.82 Å². The van der Waals surface area contributed by atoms with E-state index in [1.165, 1.54) is 0 Å². The van der Waals surface area contributed by atoms with E-state index in [1.54, 1.807) is 0 Å². The van der Waals surface area contributed by atoms with Crippen LogP contribution >= 0.6 is 0 Å². The van der Waals surface area contributed by atoms with Crippen molar-refractivity contribution >= 4 is 5.95 Å². The summed E-state index contributed by atoms with van der Waals surface area (Å²) in [6, 6.07) is 9.96. The van der Waals surface area contributed by atoms with Crippen LogP contribution in [-0.4, -0.2) is 21.6 Å². The molecule has 0 amide bonds. The topological polar surface area (TPSA) is 73.9 Å². The van der Waals surface area contributed by atoms with Crippen molar-refractivity contribution < 1.29 is 4.74 Å². The lowest BCUT2D eigenvalue weighted by Crippen LogP contribution is -2.14. The van der Waals surface area contributed by atoms with E-state index in [0.29, 0.717) is 18.3 Å². The van der Waals surface area contributed by atoms with E-state index in [1.807, 2.05) is 37.3 Å². The van der Waals surface area contributed by atoms with Gasteiger partial charge in [-0.1, -0.05) is 30.3 Å². The minimum atomic E-state index is -0.288. The molecule has 0 radical (unpaired) electrons. The number of hydrogen-bond acceptors (Lipinski definition) is 5. The Morgan fingerprint density at radius 2 is 1.95 bits per heavy atom. The highest BCUT2D eigenvalue weighted by atomic mass is 16.5. The third-order valence-electron chi connectivity index (χ3n) is 3.30. The molecule has 1 aliphatic carbocycles. The number of ether oxygens (including phenoxy) is 1. The highest BCUT2D eigenvalue weighted by Crippen LogP contribution is 2.38. The van der Waals surface area contributed by atoms with Crippen molar-refractivity contribution in [3.05, 3.63) is 47.5 Å².